The summed E-state index contributed by atoms with van der Waals surface area (Å²) >= 11 is 0. The van der Waals surface area contributed by atoms with E-state index in [1.54, 1.807) is 0 Å². The molecule has 2 heterocycles. The van der Waals surface area contributed by atoms with Crippen molar-refractivity contribution in [2.75, 3.05) is 45.9 Å². The maximum absolute atomic E-state index is 10.6. The van der Waals surface area contributed by atoms with Crippen LogP contribution in [0.4, 0.5) is 0 Å². The van der Waals surface area contributed by atoms with E-state index in [2.05, 4.69) is 27.4 Å². The molecule has 6 heteroatoms. The van der Waals surface area contributed by atoms with Gasteiger partial charge in [-0.25, -0.2) is 0 Å². The zero-order chi connectivity index (χ0) is 17.5. The fourth-order valence-corrected chi connectivity index (χ4v) is 4.32. The third kappa shape index (κ3) is 5.83. The largest absolute Gasteiger partial charge is 0.388 e. The van der Waals surface area contributed by atoms with Crippen molar-refractivity contribution in [1.29, 1.82) is 0 Å². The van der Waals surface area contributed by atoms with Gasteiger partial charge in [0.15, 0.2) is 5.96 Å². The Morgan fingerprint density at radius 2 is 2.00 bits per heavy atom. The van der Waals surface area contributed by atoms with Crippen LogP contribution in [0.2, 0.25) is 0 Å². The van der Waals surface area contributed by atoms with E-state index >= 15 is 0 Å². The molecule has 0 aromatic rings. The third-order valence-electron chi connectivity index (χ3n) is 5.90. The van der Waals surface area contributed by atoms with Crippen molar-refractivity contribution in [3.8, 4) is 0 Å². The molecule has 0 amide bonds. The Morgan fingerprint density at radius 3 is 2.72 bits per heavy atom. The molecule has 2 saturated heterocycles. The van der Waals surface area contributed by atoms with Gasteiger partial charge in [-0.05, 0) is 32.1 Å². The minimum atomic E-state index is -0.704. The maximum atomic E-state index is 10.6. The lowest BCUT2D eigenvalue weighted by atomic mass is 9.95. The average molecular weight is 353 g/mol. The maximum Gasteiger partial charge on any atom is 0.191 e. The van der Waals surface area contributed by atoms with Crippen molar-refractivity contribution in [2.24, 2.45) is 10.9 Å². The number of hydrogen-bond acceptors (Lipinski definition) is 4. The summed E-state index contributed by atoms with van der Waals surface area (Å²) < 4.78 is 5.35. The zero-order valence-electron chi connectivity index (χ0n) is 15.8. The topological polar surface area (TPSA) is 69.1 Å². The van der Waals surface area contributed by atoms with Crippen LogP contribution in [0.25, 0.3) is 0 Å². The molecular weight excluding hydrogens is 316 g/mol. The Kier molecular flexibility index (Phi) is 6.96. The van der Waals surface area contributed by atoms with Crippen LogP contribution in [-0.4, -0.2) is 73.5 Å². The quantitative estimate of drug-likeness (QED) is 0.497. The molecule has 1 saturated carbocycles. The number of aliphatic hydroxyl groups is 1. The van der Waals surface area contributed by atoms with Crippen molar-refractivity contribution in [2.45, 2.75) is 63.5 Å². The van der Waals surface area contributed by atoms with Crippen molar-refractivity contribution >= 4 is 5.96 Å². The Morgan fingerprint density at radius 1 is 1.24 bits per heavy atom. The number of rotatable bonds is 6. The fourth-order valence-electron chi connectivity index (χ4n) is 4.32. The van der Waals surface area contributed by atoms with Crippen molar-refractivity contribution in [1.82, 2.24) is 15.5 Å². The summed E-state index contributed by atoms with van der Waals surface area (Å²) in [5.74, 6) is 1.76. The Labute approximate surface area is 152 Å². The fraction of sp³-hybridized carbons (Fsp3) is 0.947. The number of nitrogens with zero attached hydrogens (tertiary/aromatic N) is 2. The summed E-state index contributed by atoms with van der Waals surface area (Å²) in [6.07, 6.45) is 8.21. The highest BCUT2D eigenvalue weighted by atomic mass is 16.5. The van der Waals surface area contributed by atoms with Crippen LogP contribution in [0.5, 0.6) is 0 Å². The van der Waals surface area contributed by atoms with Gasteiger partial charge in [0.05, 0.1) is 12.1 Å². The summed E-state index contributed by atoms with van der Waals surface area (Å²) in [6, 6.07) is 0.462. The van der Waals surface area contributed by atoms with Gasteiger partial charge in [0.25, 0.3) is 0 Å². The van der Waals surface area contributed by atoms with E-state index in [1.165, 1.54) is 45.2 Å². The van der Waals surface area contributed by atoms with E-state index in [0.29, 0.717) is 38.6 Å². The van der Waals surface area contributed by atoms with Crippen LogP contribution >= 0.6 is 0 Å². The molecule has 0 aromatic carbocycles. The Balaban J connectivity index is 1.46. The van der Waals surface area contributed by atoms with Gasteiger partial charge in [-0.1, -0.05) is 12.8 Å². The van der Waals surface area contributed by atoms with Crippen molar-refractivity contribution in [3.63, 3.8) is 0 Å². The zero-order valence-corrected chi connectivity index (χ0v) is 15.8. The first kappa shape index (κ1) is 18.9. The normalized spacial score (nSPS) is 28.4. The molecular formula is C19H36N4O2. The Bertz CT molecular complexity index is 431. The van der Waals surface area contributed by atoms with Gasteiger partial charge >= 0.3 is 0 Å². The minimum Gasteiger partial charge on any atom is -0.388 e. The second-order valence-electron chi connectivity index (χ2n) is 8.07. The predicted octanol–water partition coefficient (Wildman–Crippen LogP) is 1.35. The number of ether oxygens (including phenoxy) is 1. The molecule has 0 bridgehead atoms. The van der Waals surface area contributed by atoms with E-state index in [9.17, 15) is 5.11 Å². The standard InChI is InChI=1S/C19H36N4O2/c1-2-20-18(21-15-19(24)8-11-25-12-9-19)22-17-7-10-23(14-17)13-16-5-3-4-6-16/h16-17,24H,2-15H2,1H3,(H2,20,21,22). The first-order valence-electron chi connectivity index (χ1n) is 10.2. The molecule has 0 spiro atoms. The van der Waals surface area contributed by atoms with E-state index in [0.717, 1.165) is 25.0 Å². The van der Waals surface area contributed by atoms with Crippen LogP contribution in [0.1, 0.15) is 51.9 Å². The molecule has 0 aromatic heterocycles. The van der Waals surface area contributed by atoms with Crippen LogP contribution in [0, 0.1) is 5.92 Å². The molecule has 6 nitrogen and oxygen atoms in total. The summed E-state index contributed by atoms with van der Waals surface area (Å²) in [6.45, 7) is 8.21. The molecule has 1 aliphatic carbocycles. The highest BCUT2D eigenvalue weighted by molar-refractivity contribution is 5.80. The number of nitrogens with one attached hydrogen (secondary N) is 2. The van der Waals surface area contributed by atoms with Gasteiger partial charge in [0.2, 0.25) is 0 Å². The smallest absolute Gasteiger partial charge is 0.191 e. The van der Waals surface area contributed by atoms with Crippen LogP contribution in [0.3, 0.4) is 0 Å². The number of guanidine groups is 1. The molecule has 1 unspecified atom stereocenters. The molecule has 144 valence electrons. The summed E-state index contributed by atoms with van der Waals surface area (Å²) in [5.41, 5.74) is -0.704. The summed E-state index contributed by atoms with van der Waals surface area (Å²) in [5, 5.41) is 17.5. The summed E-state index contributed by atoms with van der Waals surface area (Å²) in [7, 11) is 0. The van der Waals surface area contributed by atoms with Crippen LogP contribution < -0.4 is 10.6 Å². The van der Waals surface area contributed by atoms with Gasteiger partial charge in [-0.3, -0.25) is 4.99 Å². The van der Waals surface area contributed by atoms with Gasteiger partial charge in [-0.2, -0.15) is 0 Å². The molecule has 25 heavy (non-hydrogen) atoms. The first-order valence-corrected chi connectivity index (χ1v) is 10.2. The van der Waals surface area contributed by atoms with Crippen LogP contribution in [-0.2, 0) is 4.74 Å². The average Bonchev–Trinajstić information content (AvgIpc) is 3.26. The number of hydrogen-bond donors (Lipinski definition) is 3. The van der Waals surface area contributed by atoms with E-state index in [-0.39, 0.29) is 0 Å². The highest BCUT2D eigenvalue weighted by Gasteiger charge is 2.30. The monoisotopic (exact) mass is 352 g/mol. The molecule has 3 rings (SSSR count). The number of aliphatic imine (C=N–C) groups is 1. The lowest BCUT2D eigenvalue weighted by Crippen LogP contribution is -2.46. The predicted molar refractivity (Wildman–Crippen MR) is 101 cm³/mol. The van der Waals surface area contributed by atoms with Crippen LogP contribution in [0.15, 0.2) is 4.99 Å². The SMILES string of the molecule is CCNC(=NCC1(O)CCOCC1)NC1CCN(CC2CCCC2)C1. The molecule has 1 atom stereocenters. The van der Waals surface area contributed by atoms with Gasteiger partial charge in [0.1, 0.15) is 0 Å². The van der Waals surface area contributed by atoms with E-state index in [1.807, 2.05) is 0 Å². The molecule has 3 aliphatic rings. The van der Waals surface area contributed by atoms with E-state index in [4.69, 9.17) is 4.74 Å². The van der Waals surface area contributed by atoms with E-state index < -0.39 is 5.60 Å². The second kappa shape index (κ2) is 9.19. The molecule has 0 radical (unpaired) electrons. The second-order valence-corrected chi connectivity index (χ2v) is 8.07. The highest BCUT2D eigenvalue weighted by Crippen LogP contribution is 2.26. The molecule has 3 fully saturated rings. The van der Waals surface area contributed by atoms with Gasteiger partial charge < -0.3 is 25.4 Å². The van der Waals surface area contributed by atoms with Crippen molar-refractivity contribution in [3.05, 3.63) is 0 Å². The minimum absolute atomic E-state index is 0.449. The lowest BCUT2D eigenvalue weighted by Gasteiger charge is -2.30. The Hall–Kier alpha value is -0.850. The van der Waals surface area contributed by atoms with Crippen molar-refractivity contribution < 1.29 is 9.84 Å². The first-order chi connectivity index (χ1) is 12.2. The van der Waals surface area contributed by atoms with Gasteiger partial charge in [0, 0.05) is 58.3 Å². The number of likely N-dealkylation sites (tertiary alicyclic amines) is 1. The molecule has 3 N–H and O–H groups in total. The lowest BCUT2D eigenvalue weighted by molar-refractivity contribution is -0.0566. The van der Waals surface area contributed by atoms with Gasteiger partial charge in [-0.15, -0.1) is 0 Å². The third-order valence-corrected chi connectivity index (χ3v) is 5.90. The molecule has 2 aliphatic heterocycles. The summed E-state index contributed by atoms with van der Waals surface area (Å²) in [4.78, 5) is 7.29.